The Balaban J connectivity index is 2.10. The molecule has 96 valence electrons. The first-order valence-electron chi connectivity index (χ1n) is 5.58. The minimum absolute atomic E-state index is 0.260. The van der Waals surface area contributed by atoms with Crippen LogP contribution in [0.1, 0.15) is 17.7 Å². The number of aromatic nitrogens is 3. The summed E-state index contributed by atoms with van der Waals surface area (Å²) < 4.78 is 30.4. The fourth-order valence-corrected chi connectivity index (χ4v) is 4.45. The van der Waals surface area contributed by atoms with Crippen LogP contribution in [0.15, 0.2) is 16.5 Å². The second-order valence-electron chi connectivity index (χ2n) is 4.16. The number of rotatable bonds is 2. The van der Waals surface area contributed by atoms with E-state index in [9.17, 15) is 8.42 Å². The second-order valence-corrected chi connectivity index (χ2v) is 7.09. The van der Waals surface area contributed by atoms with Crippen molar-refractivity contribution in [1.82, 2.24) is 14.6 Å². The maximum Gasteiger partial charge on any atom is 0.276 e. The Labute approximate surface area is 109 Å². The third-order valence-corrected chi connectivity index (χ3v) is 6.01. The Morgan fingerprint density at radius 3 is 3.06 bits per heavy atom. The fraction of sp³-hybridized carbons (Fsp3) is 0.400. The molecule has 0 radical (unpaired) electrons. The van der Waals surface area contributed by atoms with Crippen LogP contribution in [-0.2, 0) is 16.4 Å². The summed E-state index contributed by atoms with van der Waals surface area (Å²) in [6, 6.07) is 1.52. The quantitative estimate of drug-likeness (QED) is 0.902. The number of hydrogen-bond acceptors (Lipinski definition) is 5. The molecule has 0 aromatic carbocycles. The van der Waals surface area contributed by atoms with E-state index >= 15 is 0 Å². The molecule has 1 N–H and O–H groups in total. The average molecular weight is 284 g/mol. The zero-order valence-corrected chi connectivity index (χ0v) is 11.4. The van der Waals surface area contributed by atoms with Gasteiger partial charge in [-0.25, -0.2) is 12.7 Å². The highest BCUT2D eigenvalue weighted by atomic mass is 32.2. The van der Waals surface area contributed by atoms with Gasteiger partial charge < -0.3 is 0 Å². The van der Waals surface area contributed by atoms with Gasteiger partial charge in [0.1, 0.15) is 0 Å². The molecule has 0 unspecified atom stereocenters. The van der Waals surface area contributed by atoms with Gasteiger partial charge in [-0.1, -0.05) is 0 Å². The van der Waals surface area contributed by atoms with Crippen molar-refractivity contribution in [2.75, 3.05) is 10.8 Å². The van der Waals surface area contributed by atoms with Crippen molar-refractivity contribution in [3.05, 3.63) is 23.5 Å². The molecule has 0 aliphatic carbocycles. The molecule has 0 saturated carbocycles. The van der Waals surface area contributed by atoms with Gasteiger partial charge in [0.2, 0.25) is 0 Å². The Morgan fingerprint density at radius 1 is 1.50 bits per heavy atom. The molecule has 0 atom stereocenters. The van der Waals surface area contributed by atoms with E-state index in [-0.39, 0.29) is 4.21 Å². The summed E-state index contributed by atoms with van der Waals surface area (Å²) in [6.07, 6.45) is 3.18. The van der Waals surface area contributed by atoms with Gasteiger partial charge in [0.25, 0.3) is 10.0 Å². The molecular formula is C10H12N4O2S2. The third-order valence-electron chi connectivity index (χ3n) is 3.03. The normalized spacial score (nSPS) is 15.7. The van der Waals surface area contributed by atoms with E-state index < -0.39 is 10.0 Å². The molecule has 2 aromatic rings. The minimum atomic E-state index is -3.51. The topological polar surface area (TPSA) is 79.0 Å². The number of anilines is 1. The van der Waals surface area contributed by atoms with Crippen molar-refractivity contribution in [1.29, 1.82) is 0 Å². The van der Waals surface area contributed by atoms with Crippen molar-refractivity contribution in [2.45, 2.75) is 24.0 Å². The average Bonchev–Trinajstić information content (AvgIpc) is 2.99. The first kappa shape index (κ1) is 11.7. The molecule has 3 rings (SSSR count). The maximum atomic E-state index is 12.5. The van der Waals surface area contributed by atoms with Crippen LogP contribution in [0.4, 0.5) is 5.82 Å². The van der Waals surface area contributed by atoms with Crippen molar-refractivity contribution in [3.63, 3.8) is 0 Å². The minimum Gasteiger partial charge on any atom is -0.280 e. The number of sulfonamides is 1. The number of hydrogen-bond donors (Lipinski definition) is 1. The predicted molar refractivity (Wildman–Crippen MR) is 68.3 cm³/mol. The molecular weight excluding hydrogens is 272 g/mol. The summed E-state index contributed by atoms with van der Waals surface area (Å²) in [6.45, 7) is 2.38. The fourth-order valence-electron chi connectivity index (χ4n) is 2.13. The maximum absolute atomic E-state index is 12.5. The lowest BCUT2D eigenvalue weighted by Crippen LogP contribution is -2.35. The Hall–Kier alpha value is -1.41. The summed E-state index contributed by atoms with van der Waals surface area (Å²) in [5, 5.41) is 6.98. The molecule has 0 bridgehead atoms. The molecule has 1 aliphatic rings. The number of aromatic amines is 1. The molecule has 6 nitrogen and oxygen atoms in total. The zero-order chi connectivity index (χ0) is 12.8. The third kappa shape index (κ3) is 1.64. The van der Waals surface area contributed by atoms with Gasteiger partial charge in [-0.05, 0) is 37.4 Å². The SMILES string of the molecule is Cc1[nH]nc2c1CCCN2S(=O)(=O)c1ccns1. The van der Waals surface area contributed by atoms with E-state index in [1.54, 1.807) is 0 Å². The Kier molecular flexibility index (Phi) is 2.63. The molecule has 0 amide bonds. The molecule has 1 aliphatic heterocycles. The molecule has 8 heteroatoms. The number of aryl methyl sites for hydroxylation is 1. The standard InChI is InChI=1S/C10H12N4O2S2/c1-7-8-3-2-6-14(10(8)13-12-7)18(15,16)9-4-5-11-17-9/h4-5H,2-3,6H2,1H3,(H,12,13). The van der Waals surface area contributed by atoms with Gasteiger partial charge in [0.15, 0.2) is 10.0 Å². The van der Waals surface area contributed by atoms with Gasteiger partial charge in [-0.15, -0.1) is 0 Å². The van der Waals surface area contributed by atoms with Crippen LogP contribution in [0, 0.1) is 6.92 Å². The van der Waals surface area contributed by atoms with Gasteiger partial charge in [0.05, 0.1) is 0 Å². The monoisotopic (exact) mass is 284 g/mol. The van der Waals surface area contributed by atoms with Crippen LogP contribution in [-0.4, -0.2) is 29.5 Å². The van der Waals surface area contributed by atoms with Crippen molar-refractivity contribution >= 4 is 27.4 Å². The van der Waals surface area contributed by atoms with E-state index in [0.717, 1.165) is 35.6 Å². The second kappa shape index (κ2) is 4.06. The van der Waals surface area contributed by atoms with E-state index in [1.165, 1.54) is 16.6 Å². The molecule has 3 heterocycles. The number of nitrogens with one attached hydrogen (secondary N) is 1. The lowest BCUT2D eigenvalue weighted by molar-refractivity contribution is 0.588. The van der Waals surface area contributed by atoms with E-state index in [4.69, 9.17) is 0 Å². The predicted octanol–water partition coefficient (Wildman–Crippen LogP) is 1.32. The Morgan fingerprint density at radius 2 is 2.33 bits per heavy atom. The van der Waals surface area contributed by atoms with Gasteiger partial charge in [-0.2, -0.15) is 9.47 Å². The van der Waals surface area contributed by atoms with Crippen LogP contribution in [0.2, 0.25) is 0 Å². The van der Waals surface area contributed by atoms with E-state index in [0.29, 0.717) is 12.4 Å². The molecule has 2 aromatic heterocycles. The van der Waals surface area contributed by atoms with E-state index in [1.807, 2.05) is 6.92 Å². The first-order chi connectivity index (χ1) is 8.60. The zero-order valence-electron chi connectivity index (χ0n) is 9.75. The first-order valence-corrected chi connectivity index (χ1v) is 7.79. The summed E-state index contributed by atoms with van der Waals surface area (Å²) in [4.78, 5) is 0. The summed E-state index contributed by atoms with van der Waals surface area (Å²) in [7, 11) is -3.51. The molecule has 18 heavy (non-hydrogen) atoms. The van der Waals surface area contributed by atoms with Gasteiger partial charge in [-0.3, -0.25) is 5.10 Å². The number of H-pyrrole nitrogens is 1. The lowest BCUT2D eigenvalue weighted by atomic mass is 10.1. The van der Waals surface area contributed by atoms with Gasteiger partial charge >= 0.3 is 0 Å². The van der Waals surface area contributed by atoms with Crippen molar-refractivity contribution in [3.8, 4) is 0 Å². The summed E-state index contributed by atoms with van der Waals surface area (Å²) in [5.41, 5.74) is 1.93. The highest BCUT2D eigenvalue weighted by molar-refractivity contribution is 7.94. The van der Waals surface area contributed by atoms with Crippen molar-refractivity contribution in [2.24, 2.45) is 0 Å². The van der Waals surface area contributed by atoms with Crippen LogP contribution >= 0.6 is 11.5 Å². The summed E-state index contributed by atoms with van der Waals surface area (Å²) in [5.74, 6) is 0.534. The Bertz CT molecular complexity index is 660. The molecule has 0 saturated heterocycles. The van der Waals surface area contributed by atoms with Gasteiger partial charge in [0, 0.05) is 24.0 Å². The largest absolute Gasteiger partial charge is 0.280 e. The van der Waals surface area contributed by atoms with Crippen LogP contribution in [0.3, 0.4) is 0 Å². The highest BCUT2D eigenvalue weighted by Gasteiger charge is 2.32. The van der Waals surface area contributed by atoms with Crippen LogP contribution < -0.4 is 4.31 Å². The van der Waals surface area contributed by atoms with Crippen LogP contribution in [0.5, 0.6) is 0 Å². The highest BCUT2D eigenvalue weighted by Crippen LogP contribution is 2.32. The smallest absolute Gasteiger partial charge is 0.276 e. The molecule has 0 spiro atoms. The number of nitrogens with zero attached hydrogens (tertiary/aromatic N) is 3. The van der Waals surface area contributed by atoms with Crippen molar-refractivity contribution < 1.29 is 8.42 Å². The van der Waals surface area contributed by atoms with Crippen LogP contribution in [0.25, 0.3) is 0 Å². The van der Waals surface area contributed by atoms with E-state index in [2.05, 4.69) is 14.6 Å². The summed E-state index contributed by atoms with van der Waals surface area (Å²) >= 11 is 0.987. The lowest BCUT2D eigenvalue weighted by Gasteiger charge is -2.26. The number of fused-ring (bicyclic) bond motifs is 1. The molecule has 0 fully saturated rings.